The summed E-state index contributed by atoms with van der Waals surface area (Å²) >= 11 is 0. The van der Waals surface area contributed by atoms with Crippen molar-refractivity contribution in [2.24, 2.45) is 0 Å². The number of unbranched alkanes of at least 4 members (excludes halogenated alkanes) is 38. The number of aliphatic hydroxyl groups excluding tert-OH is 1. The molecule has 0 aromatic rings. The number of hydrogen-bond acceptors (Lipinski definition) is 5. The number of aliphatic hydroxyl groups is 1. The van der Waals surface area contributed by atoms with E-state index in [-0.39, 0.29) is 19.1 Å². The predicted molar refractivity (Wildman–Crippen MR) is 341 cm³/mol. The van der Waals surface area contributed by atoms with E-state index in [0.717, 1.165) is 57.8 Å². The van der Waals surface area contributed by atoms with Gasteiger partial charge in [-0.2, -0.15) is 0 Å². The van der Waals surface area contributed by atoms with Crippen LogP contribution in [0.3, 0.4) is 0 Å². The fraction of sp³-hybridized carbons (Fsp3) is 0.812. The molecule has 8 nitrogen and oxygen atoms in total. The van der Waals surface area contributed by atoms with Crippen molar-refractivity contribution in [1.82, 2.24) is 5.32 Å². The van der Waals surface area contributed by atoms with Gasteiger partial charge in [-0.25, -0.2) is 4.57 Å². The Hall–Kier alpha value is -2.06. The van der Waals surface area contributed by atoms with E-state index in [1.54, 1.807) is 6.08 Å². The van der Waals surface area contributed by atoms with Gasteiger partial charge in [0.25, 0.3) is 0 Å². The Kier molecular flexibility index (Phi) is 58.0. The minimum atomic E-state index is -4.36. The topological polar surface area (TPSA) is 105 Å². The quantitative estimate of drug-likeness (QED) is 0.0243. The summed E-state index contributed by atoms with van der Waals surface area (Å²) in [5.74, 6) is -0.188. The first kappa shape index (κ1) is 75.9. The van der Waals surface area contributed by atoms with Crippen LogP contribution in [0.5, 0.6) is 0 Å². The van der Waals surface area contributed by atoms with Gasteiger partial charge in [0, 0.05) is 6.42 Å². The third kappa shape index (κ3) is 61.6. The van der Waals surface area contributed by atoms with Gasteiger partial charge in [-0.05, 0) is 83.5 Å². The first-order valence-corrected chi connectivity index (χ1v) is 34.8. The molecule has 0 aromatic carbocycles. The average Bonchev–Trinajstić information content (AvgIpc) is 3.41. The molecular formula is C69H130N2O6P+. The number of carbonyl (C=O) groups is 1. The smallest absolute Gasteiger partial charge is 0.387 e. The highest BCUT2D eigenvalue weighted by Crippen LogP contribution is 2.43. The summed E-state index contributed by atoms with van der Waals surface area (Å²) in [6.07, 6.45) is 83.5. The van der Waals surface area contributed by atoms with Gasteiger partial charge in [-0.1, -0.05) is 292 Å². The Balaban J connectivity index is 3.90. The monoisotopic (exact) mass is 1110 g/mol. The van der Waals surface area contributed by atoms with Crippen molar-refractivity contribution in [3.8, 4) is 0 Å². The normalized spacial score (nSPS) is 14.2. The lowest BCUT2D eigenvalue weighted by molar-refractivity contribution is -0.870. The van der Waals surface area contributed by atoms with Crippen molar-refractivity contribution >= 4 is 13.7 Å². The Morgan fingerprint density at radius 3 is 1.12 bits per heavy atom. The Labute approximate surface area is 484 Å². The summed E-state index contributed by atoms with van der Waals surface area (Å²) in [5, 5.41) is 13.9. The van der Waals surface area contributed by atoms with Crippen molar-refractivity contribution in [1.29, 1.82) is 0 Å². The molecule has 3 atom stereocenters. The van der Waals surface area contributed by atoms with Crippen LogP contribution in [0.25, 0.3) is 0 Å². The van der Waals surface area contributed by atoms with Gasteiger partial charge in [0.15, 0.2) is 0 Å². The van der Waals surface area contributed by atoms with Crippen LogP contribution < -0.4 is 5.32 Å². The molecule has 0 saturated carbocycles. The summed E-state index contributed by atoms with van der Waals surface area (Å²) in [7, 11) is 1.55. The standard InChI is InChI=1S/C69H129N2O6P/c1-6-8-10-12-14-16-18-20-22-23-24-25-26-27-28-29-30-31-32-33-34-35-36-37-38-39-40-41-42-43-44-45-46-47-49-51-53-55-57-59-61-63-69(73)70-67(66-77-78(74,75)76-65-64-71(3,4)5)68(72)62-60-58-56-54-52-50-48-21-19-17-15-13-11-9-7-2/h18-21,23-24,26-27,52,54,60,62,67-68,72H,6-17,22,25,28-51,53,55-59,61,63-66H2,1-5H3,(H-,70,73,74,75)/p+1/b20-18-,21-19+,24-23-,27-26-,54-52+,62-60+. The zero-order valence-electron chi connectivity index (χ0n) is 52.2. The molecule has 9 heteroatoms. The van der Waals surface area contributed by atoms with Crippen LogP contribution in [0.4, 0.5) is 0 Å². The van der Waals surface area contributed by atoms with Gasteiger partial charge >= 0.3 is 7.82 Å². The first-order chi connectivity index (χ1) is 38.0. The molecule has 0 aliphatic heterocycles. The van der Waals surface area contributed by atoms with Crippen LogP contribution in [0.1, 0.15) is 309 Å². The molecule has 0 rings (SSSR count). The maximum absolute atomic E-state index is 13.0. The van der Waals surface area contributed by atoms with Crippen LogP contribution in [0, 0.1) is 0 Å². The molecule has 0 bridgehead atoms. The molecule has 456 valence electrons. The lowest BCUT2D eigenvalue weighted by atomic mass is 10.0. The molecule has 3 unspecified atom stereocenters. The summed E-state index contributed by atoms with van der Waals surface area (Å²) < 4.78 is 23.7. The van der Waals surface area contributed by atoms with E-state index in [0.29, 0.717) is 17.4 Å². The summed E-state index contributed by atoms with van der Waals surface area (Å²) in [6, 6.07) is -0.870. The SMILES string of the molecule is CCCCCCC/C=C\C/C=C\C/C=C\CCCCCCCCCCCCCCCCCCCCCCCCCCCCC(=O)NC(COP(=O)(O)OCC[N+](C)(C)C)C(O)/C=C/CC/C=C/CC/C=C/CCCCCCC. The van der Waals surface area contributed by atoms with E-state index < -0.39 is 20.0 Å². The van der Waals surface area contributed by atoms with Gasteiger partial charge in [0.1, 0.15) is 13.2 Å². The van der Waals surface area contributed by atoms with Crippen LogP contribution in [-0.4, -0.2) is 73.4 Å². The second kappa shape index (κ2) is 59.6. The van der Waals surface area contributed by atoms with Gasteiger partial charge in [0.05, 0.1) is 39.9 Å². The van der Waals surface area contributed by atoms with E-state index in [4.69, 9.17) is 9.05 Å². The van der Waals surface area contributed by atoms with Crippen molar-refractivity contribution in [3.63, 3.8) is 0 Å². The van der Waals surface area contributed by atoms with Crippen molar-refractivity contribution < 1.29 is 32.9 Å². The van der Waals surface area contributed by atoms with Crippen molar-refractivity contribution in [2.75, 3.05) is 40.9 Å². The molecule has 0 spiro atoms. The highest BCUT2D eigenvalue weighted by Gasteiger charge is 2.28. The molecule has 0 radical (unpaired) electrons. The average molecular weight is 1110 g/mol. The third-order valence-corrected chi connectivity index (χ3v) is 15.9. The number of allylic oxidation sites excluding steroid dienone is 11. The number of likely N-dealkylation sites (N-methyl/N-ethyl adjacent to an activating group) is 1. The van der Waals surface area contributed by atoms with E-state index >= 15 is 0 Å². The number of carbonyl (C=O) groups excluding carboxylic acids is 1. The van der Waals surface area contributed by atoms with Crippen LogP contribution in [-0.2, 0) is 18.4 Å². The van der Waals surface area contributed by atoms with Gasteiger partial charge in [0.2, 0.25) is 5.91 Å². The van der Waals surface area contributed by atoms with E-state index in [1.807, 2.05) is 27.2 Å². The lowest BCUT2D eigenvalue weighted by Gasteiger charge is -2.25. The van der Waals surface area contributed by atoms with Crippen molar-refractivity contribution in [2.45, 2.75) is 321 Å². The lowest BCUT2D eigenvalue weighted by Crippen LogP contribution is -2.45. The molecule has 0 heterocycles. The molecule has 3 N–H and O–H groups in total. The van der Waals surface area contributed by atoms with Crippen LogP contribution in [0.2, 0.25) is 0 Å². The fourth-order valence-corrected chi connectivity index (χ4v) is 10.4. The first-order valence-electron chi connectivity index (χ1n) is 33.3. The minimum absolute atomic E-state index is 0.0532. The van der Waals surface area contributed by atoms with Crippen LogP contribution >= 0.6 is 7.82 Å². The summed E-state index contributed by atoms with van der Waals surface area (Å²) in [4.78, 5) is 23.3. The molecule has 0 aliphatic carbocycles. The Morgan fingerprint density at radius 1 is 0.436 bits per heavy atom. The second-order valence-corrected chi connectivity index (χ2v) is 25.3. The largest absolute Gasteiger partial charge is 0.472 e. The number of amides is 1. The fourth-order valence-electron chi connectivity index (χ4n) is 9.67. The zero-order chi connectivity index (χ0) is 57.0. The highest BCUT2D eigenvalue weighted by molar-refractivity contribution is 7.47. The number of phosphoric acid groups is 1. The summed E-state index contributed by atoms with van der Waals surface area (Å²) in [6.45, 7) is 4.78. The molecule has 0 saturated heterocycles. The van der Waals surface area contributed by atoms with E-state index in [9.17, 15) is 19.4 Å². The zero-order valence-corrected chi connectivity index (χ0v) is 53.0. The number of nitrogens with zero attached hydrogens (tertiary/aromatic N) is 1. The second-order valence-electron chi connectivity index (χ2n) is 23.8. The minimum Gasteiger partial charge on any atom is -0.387 e. The number of quaternary nitrogens is 1. The van der Waals surface area contributed by atoms with E-state index in [2.05, 4.69) is 79.9 Å². The predicted octanol–water partition coefficient (Wildman–Crippen LogP) is 21.0. The van der Waals surface area contributed by atoms with Crippen molar-refractivity contribution in [3.05, 3.63) is 72.9 Å². The number of rotatable bonds is 61. The van der Waals surface area contributed by atoms with E-state index in [1.165, 1.54) is 231 Å². The Morgan fingerprint density at radius 2 is 0.744 bits per heavy atom. The maximum Gasteiger partial charge on any atom is 0.472 e. The Bertz CT molecular complexity index is 1500. The molecule has 0 aliphatic rings. The number of phosphoric ester groups is 1. The highest BCUT2D eigenvalue weighted by atomic mass is 31.2. The van der Waals surface area contributed by atoms with Crippen LogP contribution in [0.15, 0.2) is 72.9 Å². The molecule has 0 fully saturated rings. The number of hydrogen-bond donors (Lipinski definition) is 3. The molecule has 78 heavy (non-hydrogen) atoms. The molecular weight excluding hydrogens is 984 g/mol. The third-order valence-electron chi connectivity index (χ3n) is 14.9. The maximum atomic E-state index is 13.0. The molecule has 1 amide bonds. The summed E-state index contributed by atoms with van der Waals surface area (Å²) in [5.41, 5.74) is 0. The van der Waals surface area contributed by atoms with Gasteiger partial charge < -0.3 is 19.8 Å². The van der Waals surface area contributed by atoms with Gasteiger partial charge in [-0.3, -0.25) is 13.8 Å². The number of nitrogens with one attached hydrogen (secondary N) is 1. The van der Waals surface area contributed by atoms with Gasteiger partial charge in [-0.15, -0.1) is 0 Å². The molecule has 0 aromatic heterocycles.